The Morgan fingerprint density at radius 1 is 1.14 bits per heavy atom. The minimum Gasteiger partial charge on any atom is -0.493 e. The second-order valence-corrected chi connectivity index (χ2v) is 4.90. The van der Waals surface area contributed by atoms with Crippen LogP contribution in [0.25, 0.3) is 11.0 Å². The van der Waals surface area contributed by atoms with Crippen LogP contribution >= 0.6 is 0 Å². The topological polar surface area (TPSA) is 72.1 Å². The van der Waals surface area contributed by atoms with Crippen molar-refractivity contribution >= 4 is 16.9 Å². The van der Waals surface area contributed by atoms with Gasteiger partial charge in [0, 0.05) is 12.7 Å². The molecule has 0 aliphatic rings. The summed E-state index contributed by atoms with van der Waals surface area (Å²) < 4.78 is 10.7. The van der Waals surface area contributed by atoms with Crippen molar-refractivity contribution in [3.8, 4) is 11.5 Å². The van der Waals surface area contributed by atoms with Gasteiger partial charge in [0.15, 0.2) is 11.5 Å². The fraction of sp³-hybridized carbons (Fsp3) is 0.250. The number of H-pyrrole nitrogens is 1. The summed E-state index contributed by atoms with van der Waals surface area (Å²) in [6.45, 7) is 2.66. The van der Waals surface area contributed by atoms with Gasteiger partial charge >= 0.3 is 0 Å². The molecule has 0 aliphatic heterocycles. The predicted octanol–water partition coefficient (Wildman–Crippen LogP) is 2.90. The van der Waals surface area contributed by atoms with Crippen molar-refractivity contribution in [1.82, 2.24) is 15.0 Å². The molecule has 0 amide bonds. The molecule has 0 saturated heterocycles. The number of nitrogens with zero attached hydrogens (tertiary/aromatic N) is 2. The first-order valence-corrected chi connectivity index (χ1v) is 6.97. The zero-order chi connectivity index (χ0) is 15.5. The molecule has 0 fully saturated rings. The third-order valence-electron chi connectivity index (χ3n) is 3.71. The van der Waals surface area contributed by atoms with E-state index in [0.29, 0.717) is 6.54 Å². The van der Waals surface area contributed by atoms with Gasteiger partial charge in [-0.15, -0.1) is 0 Å². The van der Waals surface area contributed by atoms with E-state index in [1.807, 2.05) is 31.3 Å². The Morgan fingerprint density at radius 3 is 2.77 bits per heavy atom. The lowest BCUT2D eigenvalue weighted by atomic mass is 10.1. The smallest absolute Gasteiger partial charge is 0.163 e. The molecule has 6 heteroatoms. The van der Waals surface area contributed by atoms with E-state index in [-0.39, 0.29) is 0 Å². The molecule has 0 bridgehead atoms. The number of methoxy groups -OCH3 is 2. The van der Waals surface area contributed by atoms with Gasteiger partial charge in [-0.25, -0.2) is 9.97 Å². The number of aromatic amines is 1. The van der Waals surface area contributed by atoms with Crippen LogP contribution in [0.4, 0.5) is 5.82 Å². The highest BCUT2D eigenvalue weighted by Crippen LogP contribution is 2.33. The van der Waals surface area contributed by atoms with E-state index in [1.54, 1.807) is 20.5 Å². The number of fused-ring (bicyclic) bond motifs is 1. The molecule has 22 heavy (non-hydrogen) atoms. The second-order valence-electron chi connectivity index (χ2n) is 4.90. The van der Waals surface area contributed by atoms with Gasteiger partial charge in [-0.1, -0.05) is 6.07 Å². The molecule has 3 rings (SSSR count). The number of ether oxygens (including phenoxy) is 2. The minimum absolute atomic E-state index is 0.642. The summed E-state index contributed by atoms with van der Waals surface area (Å²) in [5.74, 6) is 2.30. The van der Waals surface area contributed by atoms with E-state index in [4.69, 9.17) is 9.47 Å². The van der Waals surface area contributed by atoms with E-state index in [9.17, 15) is 0 Å². The van der Waals surface area contributed by atoms with Crippen molar-refractivity contribution in [3.63, 3.8) is 0 Å². The number of nitrogens with one attached hydrogen (secondary N) is 2. The summed E-state index contributed by atoms with van der Waals surface area (Å²) in [4.78, 5) is 11.6. The van der Waals surface area contributed by atoms with Crippen LogP contribution in [0.2, 0.25) is 0 Å². The van der Waals surface area contributed by atoms with Gasteiger partial charge in [0.2, 0.25) is 0 Å². The minimum atomic E-state index is 0.642. The maximum Gasteiger partial charge on any atom is 0.163 e. The number of rotatable bonds is 5. The number of hydrogen-bond donors (Lipinski definition) is 2. The second kappa shape index (κ2) is 5.93. The molecule has 0 atom stereocenters. The lowest BCUT2D eigenvalue weighted by Gasteiger charge is -2.15. The van der Waals surface area contributed by atoms with Crippen LogP contribution in [0.3, 0.4) is 0 Å². The highest BCUT2D eigenvalue weighted by atomic mass is 16.5. The molecule has 2 aromatic heterocycles. The molecule has 1 aromatic carbocycles. The Morgan fingerprint density at radius 2 is 2.00 bits per heavy atom. The van der Waals surface area contributed by atoms with Crippen molar-refractivity contribution in [2.45, 2.75) is 13.5 Å². The van der Waals surface area contributed by atoms with Crippen molar-refractivity contribution in [2.75, 3.05) is 19.5 Å². The Bertz CT molecular complexity index is 798. The molecule has 0 spiro atoms. The molecule has 2 N–H and O–H groups in total. The predicted molar refractivity (Wildman–Crippen MR) is 85.5 cm³/mol. The molecule has 6 nitrogen and oxygen atoms in total. The average molecular weight is 298 g/mol. The summed E-state index contributed by atoms with van der Waals surface area (Å²) in [5.41, 5.74) is 3.00. The molecular formula is C16H18N4O2. The third kappa shape index (κ3) is 2.43. The third-order valence-corrected chi connectivity index (χ3v) is 3.71. The zero-order valence-electron chi connectivity index (χ0n) is 12.8. The van der Waals surface area contributed by atoms with Crippen molar-refractivity contribution in [1.29, 1.82) is 0 Å². The molecule has 2 heterocycles. The Kier molecular flexibility index (Phi) is 3.82. The first-order valence-electron chi connectivity index (χ1n) is 6.97. The molecular weight excluding hydrogens is 280 g/mol. The van der Waals surface area contributed by atoms with Crippen LogP contribution in [-0.4, -0.2) is 29.2 Å². The largest absolute Gasteiger partial charge is 0.493 e. The molecule has 0 radical (unpaired) electrons. The van der Waals surface area contributed by atoms with Crippen molar-refractivity contribution < 1.29 is 9.47 Å². The van der Waals surface area contributed by atoms with Gasteiger partial charge in [0.1, 0.15) is 17.8 Å². The fourth-order valence-electron chi connectivity index (χ4n) is 2.51. The quantitative estimate of drug-likeness (QED) is 0.758. The van der Waals surface area contributed by atoms with E-state index >= 15 is 0 Å². The standard InChI is InChI=1S/C16H18N4O2/c1-10-11(4-5-13(21-2)14(10)22-3)8-18-16-12-6-7-17-15(12)19-9-20-16/h4-7,9H,8H2,1-3H3,(H2,17,18,19,20). The maximum atomic E-state index is 5.43. The Hall–Kier alpha value is -2.76. The van der Waals surface area contributed by atoms with Crippen LogP contribution in [0, 0.1) is 6.92 Å². The summed E-state index contributed by atoms with van der Waals surface area (Å²) in [7, 11) is 3.29. The summed E-state index contributed by atoms with van der Waals surface area (Å²) in [6.07, 6.45) is 3.40. The van der Waals surface area contributed by atoms with Gasteiger partial charge in [-0.3, -0.25) is 0 Å². The highest BCUT2D eigenvalue weighted by Gasteiger charge is 2.11. The SMILES string of the molecule is COc1ccc(CNc2ncnc3[nH]ccc23)c(C)c1OC. The van der Waals surface area contributed by atoms with Gasteiger partial charge in [-0.05, 0) is 30.2 Å². The monoisotopic (exact) mass is 298 g/mol. The molecule has 0 saturated carbocycles. The van der Waals surface area contributed by atoms with E-state index in [1.165, 1.54) is 0 Å². The summed E-state index contributed by atoms with van der Waals surface area (Å²) in [6, 6.07) is 5.90. The van der Waals surface area contributed by atoms with Crippen molar-refractivity contribution in [3.05, 3.63) is 41.9 Å². The first-order chi connectivity index (χ1) is 10.7. The van der Waals surface area contributed by atoms with E-state index in [0.717, 1.165) is 39.5 Å². The summed E-state index contributed by atoms with van der Waals surface area (Å²) in [5, 5.41) is 4.32. The summed E-state index contributed by atoms with van der Waals surface area (Å²) >= 11 is 0. The lowest BCUT2D eigenvalue weighted by Crippen LogP contribution is -2.05. The van der Waals surface area contributed by atoms with Crippen LogP contribution in [0.5, 0.6) is 11.5 Å². The van der Waals surface area contributed by atoms with Gasteiger partial charge < -0.3 is 19.8 Å². The molecule has 0 aliphatic carbocycles. The maximum absolute atomic E-state index is 5.43. The van der Waals surface area contributed by atoms with Crippen LogP contribution in [0.1, 0.15) is 11.1 Å². The van der Waals surface area contributed by atoms with Gasteiger partial charge in [0.05, 0.1) is 19.6 Å². The van der Waals surface area contributed by atoms with Crippen LogP contribution in [-0.2, 0) is 6.54 Å². The normalized spacial score (nSPS) is 10.7. The average Bonchev–Trinajstić information content (AvgIpc) is 3.02. The van der Waals surface area contributed by atoms with Crippen LogP contribution in [0.15, 0.2) is 30.7 Å². The zero-order valence-corrected chi connectivity index (χ0v) is 12.8. The van der Waals surface area contributed by atoms with Crippen LogP contribution < -0.4 is 14.8 Å². The van der Waals surface area contributed by atoms with E-state index < -0.39 is 0 Å². The Labute approximate surface area is 128 Å². The van der Waals surface area contributed by atoms with Crippen molar-refractivity contribution in [2.24, 2.45) is 0 Å². The Balaban J connectivity index is 1.86. The lowest BCUT2D eigenvalue weighted by molar-refractivity contribution is 0.352. The molecule has 114 valence electrons. The van der Waals surface area contributed by atoms with Gasteiger partial charge in [0.25, 0.3) is 0 Å². The molecule has 0 unspecified atom stereocenters. The van der Waals surface area contributed by atoms with E-state index in [2.05, 4.69) is 20.3 Å². The highest BCUT2D eigenvalue weighted by molar-refractivity contribution is 5.86. The molecule has 3 aromatic rings. The number of benzene rings is 1. The number of hydrogen-bond acceptors (Lipinski definition) is 5. The van der Waals surface area contributed by atoms with Gasteiger partial charge in [-0.2, -0.15) is 0 Å². The fourth-order valence-corrected chi connectivity index (χ4v) is 2.51. The first kappa shape index (κ1) is 14.2. The number of aromatic nitrogens is 3. The number of anilines is 1.